The summed E-state index contributed by atoms with van der Waals surface area (Å²) < 4.78 is 0. The van der Waals surface area contributed by atoms with Crippen molar-refractivity contribution in [2.45, 2.75) is 32.7 Å². The van der Waals surface area contributed by atoms with Gasteiger partial charge in [-0.2, -0.15) is 0 Å². The minimum absolute atomic E-state index is 0.0340. The van der Waals surface area contributed by atoms with Crippen LogP contribution in [0, 0.1) is 12.3 Å². The molecule has 26 heavy (non-hydrogen) atoms. The van der Waals surface area contributed by atoms with Gasteiger partial charge in [0.2, 0.25) is 5.91 Å². The molecule has 1 spiro atoms. The minimum atomic E-state index is 0.0340. The van der Waals surface area contributed by atoms with Gasteiger partial charge in [-0.1, -0.05) is 0 Å². The number of hydrogen-bond acceptors (Lipinski definition) is 4. The lowest BCUT2D eigenvalue weighted by atomic mass is 9.77. The van der Waals surface area contributed by atoms with Crippen molar-refractivity contribution in [1.29, 1.82) is 0 Å². The molecule has 0 aliphatic carbocycles. The zero-order valence-corrected chi connectivity index (χ0v) is 15.8. The SMILES string of the molecule is Cc1csc(C(=O)N2CCC3(CC2)CC(=O)N(Cc2ccncc2)C3)c1. The Hall–Kier alpha value is -2.21. The average molecular weight is 369 g/mol. The molecule has 0 atom stereocenters. The number of nitrogens with zero attached hydrogens (tertiary/aromatic N) is 3. The zero-order chi connectivity index (χ0) is 18.1. The van der Waals surface area contributed by atoms with Crippen LogP contribution in [0.3, 0.4) is 0 Å². The first kappa shape index (κ1) is 17.2. The number of likely N-dealkylation sites (tertiary alicyclic amines) is 2. The highest BCUT2D eigenvalue weighted by Crippen LogP contribution is 2.41. The van der Waals surface area contributed by atoms with Crippen LogP contribution in [0.2, 0.25) is 0 Å². The van der Waals surface area contributed by atoms with E-state index in [4.69, 9.17) is 0 Å². The van der Waals surface area contributed by atoms with Crippen LogP contribution in [0.4, 0.5) is 0 Å². The van der Waals surface area contributed by atoms with Gasteiger partial charge in [0, 0.05) is 50.4 Å². The quantitative estimate of drug-likeness (QED) is 0.835. The molecule has 2 fully saturated rings. The van der Waals surface area contributed by atoms with Crippen molar-refractivity contribution in [3.05, 3.63) is 52.0 Å². The number of pyridine rings is 1. The maximum Gasteiger partial charge on any atom is 0.263 e. The molecule has 0 N–H and O–H groups in total. The van der Waals surface area contributed by atoms with Crippen molar-refractivity contribution in [3.8, 4) is 0 Å². The van der Waals surface area contributed by atoms with Gasteiger partial charge in [-0.25, -0.2) is 0 Å². The summed E-state index contributed by atoms with van der Waals surface area (Å²) in [6, 6.07) is 5.89. The van der Waals surface area contributed by atoms with Crippen LogP contribution in [0.1, 0.15) is 40.1 Å². The van der Waals surface area contributed by atoms with E-state index in [2.05, 4.69) is 4.98 Å². The standard InChI is InChI=1S/C20H23N3O2S/c1-15-10-17(26-13-15)19(25)22-8-4-20(5-9-22)11-18(24)23(14-20)12-16-2-6-21-7-3-16/h2-3,6-7,10,13H,4-5,8-9,11-12,14H2,1H3. The van der Waals surface area contributed by atoms with Crippen molar-refractivity contribution < 1.29 is 9.59 Å². The van der Waals surface area contributed by atoms with Crippen molar-refractivity contribution in [2.75, 3.05) is 19.6 Å². The maximum absolute atomic E-state index is 12.6. The second-order valence-corrected chi connectivity index (χ2v) is 8.47. The number of hydrogen-bond donors (Lipinski definition) is 0. The molecule has 2 aromatic heterocycles. The van der Waals surface area contributed by atoms with Gasteiger partial charge in [0.1, 0.15) is 0 Å². The van der Waals surface area contributed by atoms with Gasteiger partial charge in [-0.3, -0.25) is 14.6 Å². The average Bonchev–Trinajstić information content (AvgIpc) is 3.20. The van der Waals surface area contributed by atoms with Gasteiger partial charge in [0.15, 0.2) is 0 Å². The molecule has 4 heterocycles. The molecule has 2 saturated heterocycles. The van der Waals surface area contributed by atoms with Gasteiger partial charge >= 0.3 is 0 Å². The fraction of sp³-hybridized carbons (Fsp3) is 0.450. The number of amides is 2. The molecule has 2 aliphatic heterocycles. The van der Waals surface area contributed by atoms with Crippen molar-refractivity contribution >= 4 is 23.2 Å². The minimum Gasteiger partial charge on any atom is -0.338 e. The first-order valence-electron chi connectivity index (χ1n) is 9.06. The van der Waals surface area contributed by atoms with Crippen molar-refractivity contribution in [1.82, 2.24) is 14.8 Å². The fourth-order valence-electron chi connectivity index (χ4n) is 4.05. The summed E-state index contributed by atoms with van der Waals surface area (Å²) >= 11 is 1.52. The van der Waals surface area contributed by atoms with Gasteiger partial charge in [0.25, 0.3) is 5.91 Å². The van der Waals surface area contributed by atoms with Crippen molar-refractivity contribution in [2.24, 2.45) is 5.41 Å². The van der Waals surface area contributed by atoms with E-state index < -0.39 is 0 Å². The molecule has 2 aromatic rings. The third kappa shape index (κ3) is 3.38. The Bertz CT molecular complexity index is 809. The summed E-state index contributed by atoms with van der Waals surface area (Å²) in [6.07, 6.45) is 5.95. The highest BCUT2D eigenvalue weighted by atomic mass is 32.1. The summed E-state index contributed by atoms with van der Waals surface area (Å²) in [4.78, 5) is 33.9. The number of rotatable bonds is 3. The summed E-state index contributed by atoms with van der Waals surface area (Å²) in [7, 11) is 0. The zero-order valence-electron chi connectivity index (χ0n) is 15.0. The molecule has 2 amide bonds. The van der Waals surface area contributed by atoms with E-state index in [9.17, 15) is 9.59 Å². The largest absolute Gasteiger partial charge is 0.338 e. The Kier molecular flexibility index (Phi) is 4.53. The van der Waals surface area contributed by atoms with Crippen molar-refractivity contribution in [3.63, 3.8) is 0 Å². The third-order valence-electron chi connectivity index (χ3n) is 5.58. The number of piperidine rings is 1. The summed E-state index contributed by atoms with van der Waals surface area (Å²) in [5, 5.41) is 2.02. The lowest BCUT2D eigenvalue weighted by Gasteiger charge is -2.38. The lowest BCUT2D eigenvalue weighted by Crippen LogP contribution is -2.44. The highest BCUT2D eigenvalue weighted by molar-refractivity contribution is 7.12. The third-order valence-corrected chi connectivity index (χ3v) is 6.62. The molecule has 0 aromatic carbocycles. The van der Waals surface area contributed by atoms with E-state index >= 15 is 0 Å². The summed E-state index contributed by atoms with van der Waals surface area (Å²) in [5.74, 6) is 0.367. The first-order chi connectivity index (χ1) is 12.5. The Morgan fingerprint density at radius 3 is 2.65 bits per heavy atom. The van der Waals surface area contributed by atoms with Gasteiger partial charge in [-0.15, -0.1) is 11.3 Å². The Morgan fingerprint density at radius 1 is 1.27 bits per heavy atom. The molecule has 0 radical (unpaired) electrons. The predicted molar refractivity (Wildman–Crippen MR) is 101 cm³/mol. The van der Waals surface area contributed by atoms with Gasteiger partial charge in [0.05, 0.1) is 4.88 Å². The molecular weight excluding hydrogens is 346 g/mol. The van der Waals surface area contributed by atoms with Crippen LogP contribution >= 0.6 is 11.3 Å². The highest BCUT2D eigenvalue weighted by Gasteiger charge is 2.45. The monoisotopic (exact) mass is 369 g/mol. The topological polar surface area (TPSA) is 53.5 Å². The van der Waals surface area contributed by atoms with E-state index in [1.54, 1.807) is 12.4 Å². The smallest absolute Gasteiger partial charge is 0.263 e. The number of aromatic nitrogens is 1. The van der Waals surface area contributed by atoms with E-state index in [-0.39, 0.29) is 17.2 Å². The normalized spacial score (nSPS) is 19.3. The molecule has 0 bridgehead atoms. The maximum atomic E-state index is 12.6. The molecule has 0 unspecified atom stereocenters. The molecule has 4 rings (SSSR count). The predicted octanol–water partition coefficient (Wildman–Crippen LogP) is 3.11. The van der Waals surface area contributed by atoms with E-state index in [1.165, 1.54) is 11.3 Å². The number of thiophene rings is 1. The summed E-state index contributed by atoms with van der Waals surface area (Å²) in [5.41, 5.74) is 2.29. The van der Waals surface area contributed by atoms with Gasteiger partial charge in [-0.05, 0) is 54.5 Å². The fourth-order valence-corrected chi connectivity index (χ4v) is 4.92. The van der Waals surface area contributed by atoms with Crippen LogP contribution < -0.4 is 0 Å². The summed E-state index contributed by atoms with van der Waals surface area (Å²) in [6.45, 7) is 4.95. The van der Waals surface area contributed by atoms with Crippen LogP contribution in [0.25, 0.3) is 0 Å². The number of carbonyl (C=O) groups excluding carboxylic acids is 2. The molecular formula is C20H23N3O2S. The second-order valence-electron chi connectivity index (χ2n) is 7.56. The Balaban J connectivity index is 1.38. The number of aryl methyl sites for hydroxylation is 1. The Labute approximate surface area is 157 Å². The lowest BCUT2D eigenvalue weighted by molar-refractivity contribution is -0.128. The molecule has 6 heteroatoms. The molecule has 136 valence electrons. The Morgan fingerprint density at radius 2 is 2.00 bits per heavy atom. The van der Waals surface area contributed by atoms with E-state index in [0.29, 0.717) is 13.0 Å². The van der Waals surface area contributed by atoms with Crippen LogP contribution in [0.15, 0.2) is 36.0 Å². The molecule has 2 aliphatic rings. The molecule has 0 saturated carbocycles. The first-order valence-corrected chi connectivity index (χ1v) is 9.94. The van der Waals surface area contributed by atoms with Crippen LogP contribution in [-0.4, -0.2) is 46.2 Å². The van der Waals surface area contributed by atoms with Crippen LogP contribution in [0.5, 0.6) is 0 Å². The van der Waals surface area contributed by atoms with E-state index in [1.807, 2.05) is 40.3 Å². The van der Waals surface area contributed by atoms with Crippen LogP contribution in [-0.2, 0) is 11.3 Å². The van der Waals surface area contributed by atoms with Gasteiger partial charge < -0.3 is 9.80 Å². The second kappa shape index (κ2) is 6.83. The number of carbonyl (C=O) groups is 2. The molecule has 5 nitrogen and oxygen atoms in total. The van der Waals surface area contributed by atoms with E-state index in [0.717, 1.165) is 48.5 Å².